The number of aryl methyl sites for hydroxylation is 2. The monoisotopic (exact) mass is 288 g/mol. The first-order valence-corrected chi connectivity index (χ1v) is 7.40. The van der Waals surface area contributed by atoms with Crippen LogP contribution in [0.3, 0.4) is 0 Å². The van der Waals surface area contributed by atoms with Crippen molar-refractivity contribution in [3.05, 3.63) is 45.9 Å². The van der Waals surface area contributed by atoms with Crippen LogP contribution in [0.2, 0.25) is 5.15 Å². The van der Waals surface area contributed by atoms with Crippen LogP contribution in [0, 0.1) is 6.92 Å². The molecule has 3 rings (SSSR count). The lowest BCUT2D eigenvalue weighted by Gasteiger charge is -2.04. The lowest BCUT2D eigenvalue weighted by Crippen LogP contribution is -1.91. The molecule has 2 heterocycles. The van der Waals surface area contributed by atoms with Crippen LogP contribution in [0.25, 0.3) is 21.6 Å². The van der Waals surface area contributed by atoms with Crippen LogP contribution in [-0.4, -0.2) is 9.97 Å². The number of hydrogen-bond donors (Lipinski definition) is 0. The van der Waals surface area contributed by atoms with E-state index in [-0.39, 0.29) is 0 Å². The summed E-state index contributed by atoms with van der Waals surface area (Å²) in [6.45, 7) is 4.20. The maximum atomic E-state index is 6.30. The second-order valence-electron chi connectivity index (χ2n) is 4.45. The van der Waals surface area contributed by atoms with E-state index in [9.17, 15) is 0 Å². The van der Waals surface area contributed by atoms with Gasteiger partial charge in [0, 0.05) is 10.3 Å². The molecule has 2 nitrogen and oxygen atoms in total. The minimum Gasteiger partial charge on any atom is -0.227 e. The molecule has 0 saturated carbocycles. The first kappa shape index (κ1) is 12.6. The molecule has 0 N–H and O–H groups in total. The number of benzene rings is 1. The Hall–Kier alpha value is -1.45. The minimum atomic E-state index is 0.529. The standard InChI is InChI=1S/C15H13ClN2S/c1-3-10-5-6-12-11(8-10)14(16)18-15(17-12)13-7-4-9(2)19-13/h4-8H,3H2,1-2H3. The Morgan fingerprint density at radius 3 is 2.68 bits per heavy atom. The highest BCUT2D eigenvalue weighted by molar-refractivity contribution is 7.15. The van der Waals surface area contributed by atoms with E-state index in [2.05, 4.69) is 42.0 Å². The summed E-state index contributed by atoms with van der Waals surface area (Å²) in [6, 6.07) is 10.3. The van der Waals surface area contributed by atoms with Gasteiger partial charge >= 0.3 is 0 Å². The fourth-order valence-corrected chi connectivity index (χ4v) is 3.06. The van der Waals surface area contributed by atoms with E-state index >= 15 is 0 Å². The molecule has 0 atom stereocenters. The van der Waals surface area contributed by atoms with Crippen LogP contribution < -0.4 is 0 Å². The van der Waals surface area contributed by atoms with Gasteiger partial charge in [0.05, 0.1) is 10.4 Å². The molecule has 2 aromatic heterocycles. The van der Waals surface area contributed by atoms with Crippen molar-refractivity contribution in [1.82, 2.24) is 9.97 Å². The van der Waals surface area contributed by atoms with Gasteiger partial charge in [-0.05, 0) is 43.2 Å². The third-order valence-corrected chi connectivity index (χ3v) is 4.37. The molecule has 1 aromatic carbocycles. The number of rotatable bonds is 2. The van der Waals surface area contributed by atoms with E-state index in [4.69, 9.17) is 11.6 Å². The lowest BCUT2D eigenvalue weighted by atomic mass is 10.1. The highest BCUT2D eigenvalue weighted by atomic mass is 35.5. The number of aromatic nitrogens is 2. The largest absolute Gasteiger partial charge is 0.227 e. The van der Waals surface area contributed by atoms with E-state index in [0.717, 1.165) is 22.2 Å². The molecule has 0 fully saturated rings. The summed E-state index contributed by atoms with van der Waals surface area (Å²) in [5.74, 6) is 0.708. The van der Waals surface area contributed by atoms with Gasteiger partial charge in [-0.15, -0.1) is 11.3 Å². The molecule has 0 aliphatic rings. The van der Waals surface area contributed by atoms with Gasteiger partial charge in [-0.1, -0.05) is 24.6 Å². The third-order valence-electron chi connectivity index (χ3n) is 3.08. The smallest absolute Gasteiger partial charge is 0.171 e. The van der Waals surface area contributed by atoms with Crippen LogP contribution in [0.5, 0.6) is 0 Å². The Kier molecular flexibility index (Phi) is 3.25. The van der Waals surface area contributed by atoms with E-state index < -0.39 is 0 Å². The molecule has 19 heavy (non-hydrogen) atoms. The highest BCUT2D eigenvalue weighted by Gasteiger charge is 2.09. The summed E-state index contributed by atoms with van der Waals surface area (Å²) in [7, 11) is 0. The quantitative estimate of drug-likeness (QED) is 0.628. The van der Waals surface area contributed by atoms with Gasteiger partial charge in [-0.3, -0.25) is 0 Å². The summed E-state index contributed by atoms with van der Waals surface area (Å²) in [4.78, 5) is 11.3. The summed E-state index contributed by atoms with van der Waals surface area (Å²) in [6.07, 6.45) is 0.984. The molecule has 0 unspecified atom stereocenters. The summed E-state index contributed by atoms with van der Waals surface area (Å²) < 4.78 is 0. The van der Waals surface area contributed by atoms with Crippen molar-refractivity contribution in [3.8, 4) is 10.7 Å². The zero-order valence-corrected chi connectivity index (χ0v) is 12.3. The van der Waals surface area contributed by atoms with Crippen molar-refractivity contribution in [2.45, 2.75) is 20.3 Å². The van der Waals surface area contributed by atoms with Crippen LogP contribution in [-0.2, 0) is 6.42 Å². The van der Waals surface area contributed by atoms with Crippen LogP contribution in [0.4, 0.5) is 0 Å². The third kappa shape index (κ3) is 2.36. The van der Waals surface area contributed by atoms with Crippen molar-refractivity contribution in [3.63, 3.8) is 0 Å². The summed E-state index contributed by atoms with van der Waals surface area (Å²) in [5, 5.41) is 1.46. The van der Waals surface area contributed by atoms with Crippen molar-refractivity contribution >= 4 is 33.8 Å². The minimum absolute atomic E-state index is 0.529. The number of fused-ring (bicyclic) bond motifs is 1. The van der Waals surface area contributed by atoms with Gasteiger partial charge in [0.1, 0.15) is 5.15 Å². The number of halogens is 1. The van der Waals surface area contributed by atoms with Gasteiger partial charge in [0.15, 0.2) is 5.82 Å². The molecule has 0 amide bonds. The predicted molar refractivity (Wildman–Crippen MR) is 82.0 cm³/mol. The molecular formula is C15H13ClN2S. The van der Waals surface area contributed by atoms with Crippen LogP contribution in [0.15, 0.2) is 30.3 Å². The van der Waals surface area contributed by atoms with Gasteiger partial charge in [-0.2, -0.15) is 0 Å². The first-order valence-electron chi connectivity index (χ1n) is 6.20. The van der Waals surface area contributed by atoms with Crippen molar-refractivity contribution < 1.29 is 0 Å². The fraction of sp³-hybridized carbons (Fsp3) is 0.200. The molecule has 0 spiro atoms. The maximum Gasteiger partial charge on any atom is 0.171 e. The SMILES string of the molecule is CCc1ccc2nc(-c3ccc(C)s3)nc(Cl)c2c1. The molecule has 4 heteroatoms. The van der Waals surface area contributed by atoms with Crippen LogP contribution in [0.1, 0.15) is 17.4 Å². The number of nitrogens with zero attached hydrogens (tertiary/aromatic N) is 2. The fourth-order valence-electron chi connectivity index (χ4n) is 2.02. The summed E-state index contributed by atoms with van der Waals surface area (Å²) in [5.41, 5.74) is 2.15. The normalized spacial score (nSPS) is 11.1. The summed E-state index contributed by atoms with van der Waals surface area (Å²) >= 11 is 7.98. The van der Waals surface area contributed by atoms with Gasteiger partial charge < -0.3 is 0 Å². The van der Waals surface area contributed by atoms with Gasteiger partial charge in [0.25, 0.3) is 0 Å². The second-order valence-corrected chi connectivity index (χ2v) is 6.10. The van der Waals surface area contributed by atoms with Crippen LogP contribution >= 0.6 is 22.9 Å². The highest BCUT2D eigenvalue weighted by Crippen LogP contribution is 2.29. The number of hydrogen-bond acceptors (Lipinski definition) is 3. The Morgan fingerprint density at radius 2 is 2.00 bits per heavy atom. The molecular weight excluding hydrogens is 276 g/mol. The predicted octanol–water partition coefficient (Wildman–Crippen LogP) is 4.88. The van der Waals surface area contributed by atoms with Gasteiger partial charge in [0.2, 0.25) is 0 Å². The topological polar surface area (TPSA) is 25.8 Å². The molecule has 0 radical (unpaired) electrons. The molecule has 0 saturated heterocycles. The molecule has 0 aliphatic carbocycles. The number of thiophene rings is 1. The van der Waals surface area contributed by atoms with E-state index in [1.54, 1.807) is 11.3 Å². The Balaban J connectivity index is 2.19. The van der Waals surface area contributed by atoms with E-state index in [0.29, 0.717) is 11.0 Å². The van der Waals surface area contributed by atoms with E-state index in [1.807, 2.05) is 12.1 Å². The Labute approximate surface area is 121 Å². The molecule has 3 aromatic rings. The van der Waals surface area contributed by atoms with Gasteiger partial charge in [-0.25, -0.2) is 9.97 Å². The average Bonchev–Trinajstić information content (AvgIpc) is 2.85. The Morgan fingerprint density at radius 1 is 1.16 bits per heavy atom. The molecule has 0 aliphatic heterocycles. The first-order chi connectivity index (χ1) is 9.17. The van der Waals surface area contributed by atoms with Crippen molar-refractivity contribution in [1.29, 1.82) is 0 Å². The molecule has 96 valence electrons. The maximum absolute atomic E-state index is 6.30. The Bertz CT molecular complexity index is 749. The second kappa shape index (κ2) is 4.91. The van der Waals surface area contributed by atoms with Crippen molar-refractivity contribution in [2.24, 2.45) is 0 Å². The lowest BCUT2D eigenvalue weighted by molar-refractivity contribution is 1.14. The van der Waals surface area contributed by atoms with Crippen molar-refractivity contribution in [2.75, 3.05) is 0 Å². The molecule has 0 bridgehead atoms. The zero-order valence-electron chi connectivity index (χ0n) is 10.8. The zero-order chi connectivity index (χ0) is 13.4. The average molecular weight is 289 g/mol. The van der Waals surface area contributed by atoms with E-state index in [1.165, 1.54) is 10.4 Å².